The van der Waals surface area contributed by atoms with Gasteiger partial charge in [0.2, 0.25) is 11.8 Å². The van der Waals surface area contributed by atoms with Gasteiger partial charge in [0.15, 0.2) is 11.5 Å². The molecule has 0 spiro atoms. The summed E-state index contributed by atoms with van der Waals surface area (Å²) in [4.78, 5) is 29.3. The van der Waals surface area contributed by atoms with Crippen LogP contribution in [0.2, 0.25) is 5.02 Å². The van der Waals surface area contributed by atoms with E-state index in [2.05, 4.69) is 5.32 Å². The Balaban J connectivity index is 1.73. The van der Waals surface area contributed by atoms with E-state index < -0.39 is 28.5 Å². The average molecular weight is 642 g/mol. The number of carbonyl (C=O) groups excluding carboxylic acids is 2. The molecule has 0 bridgehead atoms. The Labute approximate surface area is 265 Å². The van der Waals surface area contributed by atoms with E-state index in [4.69, 9.17) is 21.1 Å². The van der Waals surface area contributed by atoms with Crippen molar-refractivity contribution in [3.05, 3.63) is 82.9 Å². The van der Waals surface area contributed by atoms with Crippen LogP contribution in [0.1, 0.15) is 50.2 Å². The van der Waals surface area contributed by atoms with Crippen molar-refractivity contribution >= 4 is 39.1 Å². The summed E-state index contributed by atoms with van der Waals surface area (Å²) in [5.74, 6) is -0.158. The normalized spacial score (nSPS) is 14.1. The molecule has 2 amide bonds. The van der Waals surface area contributed by atoms with Crippen molar-refractivity contribution in [1.29, 1.82) is 0 Å². The number of carbonyl (C=O) groups is 2. The first-order valence-corrected chi connectivity index (χ1v) is 16.5. The maximum atomic E-state index is 14.3. The highest BCUT2D eigenvalue weighted by Gasteiger charge is 2.35. The zero-order valence-corrected chi connectivity index (χ0v) is 27.2. The molecule has 0 unspecified atom stereocenters. The molecule has 3 aromatic carbocycles. The number of nitrogens with zero attached hydrogens (tertiary/aromatic N) is 2. The van der Waals surface area contributed by atoms with Gasteiger partial charge in [0.1, 0.15) is 12.6 Å². The molecular formula is C33H40ClN3O6S. The number of halogens is 1. The van der Waals surface area contributed by atoms with E-state index in [9.17, 15) is 18.0 Å². The number of methoxy groups -OCH3 is 2. The number of aryl methyl sites for hydroxylation is 1. The molecule has 1 saturated carbocycles. The number of ether oxygens (including phenoxy) is 2. The first kappa shape index (κ1) is 33.1. The Morgan fingerprint density at radius 3 is 2.18 bits per heavy atom. The summed E-state index contributed by atoms with van der Waals surface area (Å²) < 4.78 is 40.1. The molecular weight excluding hydrogens is 602 g/mol. The number of nitrogens with one attached hydrogen (secondary N) is 1. The summed E-state index contributed by atoms with van der Waals surface area (Å²) in [6.45, 7) is 3.42. The molecule has 1 aliphatic carbocycles. The first-order valence-electron chi connectivity index (χ1n) is 14.7. The fraction of sp³-hybridized carbons (Fsp3) is 0.394. The number of anilines is 1. The largest absolute Gasteiger partial charge is 0.493 e. The van der Waals surface area contributed by atoms with Gasteiger partial charge in [-0.25, -0.2) is 8.42 Å². The average Bonchev–Trinajstić information content (AvgIpc) is 3.53. The molecule has 1 N–H and O–H groups in total. The highest BCUT2D eigenvalue weighted by Crippen LogP contribution is 2.33. The molecule has 0 aliphatic heterocycles. The number of rotatable bonds is 13. The number of amides is 2. The fourth-order valence-corrected chi connectivity index (χ4v) is 6.97. The van der Waals surface area contributed by atoms with Crippen LogP contribution in [0.3, 0.4) is 0 Å². The lowest BCUT2D eigenvalue weighted by atomic mass is 10.1. The fourth-order valence-electron chi connectivity index (χ4n) is 5.42. The second-order valence-electron chi connectivity index (χ2n) is 10.9. The lowest BCUT2D eigenvalue weighted by Gasteiger charge is -2.34. The van der Waals surface area contributed by atoms with Crippen molar-refractivity contribution in [1.82, 2.24) is 10.2 Å². The molecule has 1 aliphatic rings. The lowest BCUT2D eigenvalue weighted by Crippen LogP contribution is -2.53. The third kappa shape index (κ3) is 7.84. The van der Waals surface area contributed by atoms with Gasteiger partial charge in [-0.1, -0.05) is 61.2 Å². The second kappa shape index (κ2) is 14.8. The molecule has 0 saturated heterocycles. The van der Waals surface area contributed by atoms with E-state index in [0.29, 0.717) is 17.2 Å². The van der Waals surface area contributed by atoms with E-state index >= 15 is 0 Å². The topological polar surface area (TPSA) is 105 Å². The smallest absolute Gasteiger partial charge is 0.264 e. The number of sulfonamides is 1. The van der Waals surface area contributed by atoms with Crippen molar-refractivity contribution < 1.29 is 27.5 Å². The van der Waals surface area contributed by atoms with Crippen molar-refractivity contribution in [2.45, 2.75) is 69.5 Å². The minimum Gasteiger partial charge on any atom is -0.493 e. The zero-order chi connectivity index (χ0) is 31.9. The van der Waals surface area contributed by atoms with E-state index in [1.165, 1.54) is 37.3 Å². The third-order valence-electron chi connectivity index (χ3n) is 7.90. The monoisotopic (exact) mass is 641 g/mol. The van der Waals surface area contributed by atoms with Gasteiger partial charge in [0, 0.05) is 23.7 Å². The van der Waals surface area contributed by atoms with Crippen LogP contribution in [-0.4, -0.2) is 58.0 Å². The predicted molar refractivity (Wildman–Crippen MR) is 172 cm³/mol. The third-order valence-corrected chi connectivity index (χ3v) is 9.92. The molecule has 4 rings (SSSR count). The predicted octanol–water partition coefficient (Wildman–Crippen LogP) is 5.73. The standard InChI is InChI=1S/C33H40ClN3O6S/c1-5-29(33(39)35-26-8-6-7-9-26)36(21-24-12-10-23(2)11-13-24)32(38)22-37(27-16-14-25(34)15-17-27)44(40,41)28-18-19-30(42-3)31(20-28)43-4/h10-20,26,29H,5-9,21-22H2,1-4H3,(H,35,39)/t29-/m1/s1. The van der Waals surface area contributed by atoms with Crippen LogP contribution in [0.15, 0.2) is 71.6 Å². The van der Waals surface area contributed by atoms with Crippen LogP contribution in [0.4, 0.5) is 5.69 Å². The molecule has 0 heterocycles. The van der Waals surface area contributed by atoms with Gasteiger partial charge in [-0.05, 0) is 68.1 Å². The summed E-state index contributed by atoms with van der Waals surface area (Å²) in [5, 5.41) is 3.54. The van der Waals surface area contributed by atoms with Gasteiger partial charge in [-0.15, -0.1) is 0 Å². The van der Waals surface area contributed by atoms with Crippen LogP contribution in [0.5, 0.6) is 11.5 Å². The summed E-state index contributed by atoms with van der Waals surface area (Å²) in [5.41, 5.74) is 2.14. The Morgan fingerprint density at radius 1 is 0.955 bits per heavy atom. The van der Waals surface area contributed by atoms with Crippen LogP contribution in [0, 0.1) is 6.92 Å². The van der Waals surface area contributed by atoms with Gasteiger partial charge < -0.3 is 19.7 Å². The number of hydrogen-bond donors (Lipinski definition) is 1. The van der Waals surface area contributed by atoms with Gasteiger partial charge in [-0.3, -0.25) is 13.9 Å². The van der Waals surface area contributed by atoms with Crippen molar-refractivity contribution in [3.8, 4) is 11.5 Å². The van der Waals surface area contributed by atoms with Crippen LogP contribution in [-0.2, 0) is 26.2 Å². The molecule has 0 aromatic heterocycles. The Morgan fingerprint density at radius 2 is 1.59 bits per heavy atom. The van der Waals surface area contributed by atoms with Gasteiger partial charge in [-0.2, -0.15) is 0 Å². The van der Waals surface area contributed by atoms with E-state index in [0.717, 1.165) is 41.1 Å². The molecule has 44 heavy (non-hydrogen) atoms. The number of hydrogen-bond acceptors (Lipinski definition) is 6. The van der Waals surface area contributed by atoms with Crippen molar-refractivity contribution in [2.24, 2.45) is 0 Å². The van der Waals surface area contributed by atoms with E-state index in [-0.39, 0.29) is 34.8 Å². The molecule has 9 nitrogen and oxygen atoms in total. The quantitative estimate of drug-likeness (QED) is 0.256. The molecule has 236 valence electrons. The van der Waals surface area contributed by atoms with Crippen molar-refractivity contribution in [2.75, 3.05) is 25.1 Å². The molecule has 1 atom stereocenters. The molecule has 3 aromatic rings. The van der Waals surface area contributed by atoms with Gasteiger partial charge in [0.25, 0.3) is 10.0 Å². The second-order valence-corrected chi connectivity index (χ2v) is 13.2. The maximum absolute atomic E-state index is 14.3. The Bertz CT molecular complexity index is 1540. The van der Waals surface area contributed by atoms with Crippen LogP contribution in [0.25, 0.3) is 0 Å². The van der Waals surface area contributed by atoms with E-state index in [1.807, 2.05) is 38.1 Å². The zero-order valence-electron chi connectivity index (χ0n) is 25.6. The van der Waals surface area contributed by atoms with Gasteiger partial charge in [0.05, 0.1) is 24.8 Å². The summed E-state index contributed by atoms with van der Waals surface area (Å²) in [6.07, 6.45) is 4.28. The molecule has 11 heteroatoms. The summed E-state index contributed by atoms with van der Waals surface area (Å²) in [6, 6.07) is 17.5. The molecule has 1 fully saturated rings. The van der Waals surface area contributed by atoms with Gasteiger partial charge >= 0.3 is 0 Å². The van der Waals surface area contributed by atoms with Crippen LogP contribution < -0.4 is 19.1 Å². The lowest BCUT2D eigenvalue weighted by molar-refractivity contribution is -0.140. The minimum atomic E-state index is -4.30. The van der Waals surface area contributed by atoms with Crippen molar-refractivity contribution in [3.63, 3.8) is 0 Å². The summed E-state index contributed by atoms with van der Waals surface area (Å²) >= 11 is 6.13. The first-order chi connectivity index (χ1) is 21.1. The van der Waals surface area contributed by atoms with Crippen LogP contribution >= 0.6 is 11.6 Å². The Kier molecular flexibility index (Phi) is 11.2. The number of benzene rings is 3. The minimum absolute atomic E-state index is 0.0730. The molecule has 0 radical (unpaired) electrons. The maximum Gasteiger partial charge on any atom is 0.264 e. The Hall–Kier alpha value is -3.76. The highest BCUT2D eigenvalue weighted by molar-refractivity contribution is 7.92. The SMILES string of the molecule is CC[C@H](C(=O)NC1CCCC1)N(Cc1ccc(C)cc1)C(=O)CN(c1ccc(Cl)cc1)S(=O)(=O)c1ccc(OC)c(OC)c1. The highest BCUT2D eigenvalue weighted by atomic mass is 35.5. The summed E-state index contributed by atoms with van der Waals surface area (Å²) in [7, 11) is -1.42. The van der Waals surface area contributed by atoms with E-state index in [1.54, 1.807) is 24.3 Å².